The number of rotatable bonds is 1. The van der Waals surface area contributed by atoms with Crippen LogP contribution in [-0.4, -0.2) is 21.8 Å². The van der Waals surface area contributed by atoms with Crippen molar-refractivity contribution in [2.24, 2.45) is 0 Å². The molecule has 0 bridgehead atoms. The van der Waals surface area contributed by atoms with Gasteiger partial charge in [-0.2, -0.15) is 11.8 Å². The van der Waals surface area contributed by atoms with Crippen molar-refractivity contribution in [1.29, 1.82) is 0 Å². The molecule has 3 nitrogen and oxygen atoms in total. The second kappa shape index (κ2) is 4.33. The third kappa shape index (κ3) is 2.46. The average Bonchev–Trinajstić information content (AvgIpc) is 2.26. The summed E-state index contributed by atoms with van der Waals surface area (Å²) in [5, 5.41) is 9.28. The third-order valence-corrected chi connectivity index (χ3v) is 3.88. The molecule has 0 spiro atoms. The van der Waals surface area contributed by atoms with E-state index in [9.17, 15) is 9.90 Å². The quantitative estimate of drug-likeness (QED) is 0.834. The van der Waals surface area contributed by atoms with Gasteiger partial charge < -0.3 is 5.11 Å². The molecule has 1 N–H and O–H groups in total. The van der Waals surface area contributed by atoms with Crippen LogP contribution >= 0.6 is 11.8 Å². The van der Waals surface area contributed by atoms with Crippen molar-refractivity contribution >= 4 is 17.7 Å². The number of aromatic carboxylic acids is 1. The van der Waals surface area contributed by atoms with Crippen LogP contribution in [0.4, 0.5) is 0 Å². The van der Waals surface area contributed by atoms with Crippen molar-refractivity contribution in [1.82, 2.24) is 4.98 Å². The first kappa shape index (κ1) is 12.4. The summed E-state index contributed by atoms with van der Waals surface area (Å²) in [6.07, 6.45) is 0.947. The molecule has 0 fully saturated rings. The van der Waals surface area contributed by atoms with Gasteiger partial charge >= 0.3 is 5.97 Å². The Morgan fingerprint density at radius 2 is 2.18 bits per heavy atom. The molecule has 2 heterocycles. The summed E-state index contributed by atoms with van der Waals surface area (Å²) in [5.74, 6) is 1.09. The highest BCUT2D eigenvalue weighted by Gasteiger charge is 2.26. The minimum atomic E-state index is -0.874. The lowest BCUT2D eigenvalue weighted by molar-refractivity contribution is 0.0693. The van der Waals surface area contributed by atoms with Crippen molar-refractivity contribution in [3.05, 3.63) is 28.6 Å². The molecule has 4 heteroatoms. The SMILES string of the molecule is CC(C)(C)c1nc2c(cc1C(=O)O)CSCC2. The van der Waals surface area contributed by atoms with E-state index in [1.54, 1.807) is 0 Å². The first-order chi connectivity index (χ1) is 7.89. The van der Waals surface area contributed by atoms with Gasteiger partial charge in [0.15, 0.2) is 0 Å². The van der Waals surface area contributed by atoms with Gasteiger partial charge in [0, 0.05) is 16.9 Å². The zero-order valence-corrected chi connectivity index (χ0v) is 11.2. The van der Waals surface area contributed by atoms with Crippen LogP contribution in [0.3, 0.4) is 0 Å². The molecule has 1 aromatic heterocycles. The summed E-state index contributed by atoms with van der Waals surface area (Å²) < 4.78 is 0. The molecule has 1 aliphatic rings. The second-order valence-corrected chi connectivity index (χ2v) is 6.45. The van der Waals surface area contributed by atoms with E-state index in [0.717, 1.165) is 29.2 Å². The molecule has 0 aliphatic carbocycles. The standard InChI is InChI=1S/C13H17NO2S/c1-13(2,3)11-9(12(15)16)6-8-7-17-5-4-10(8)14-11/h6H,4-5,7H2,1-3H3,(H,15,16). The molecule has 0 saturated heterocycles. The lowest BCUT2D eigenvalue weighted by Crippen LogP contribution is -2.22. The maximum absolute atomic E-state index is 11.3. The van der Waals surface area contributed by atoms with Gasteiger partial charge in [0.2, 0.25) is 0 Å². The fourth-order valence-corrected chi connectivity index (χ4v) is 2.97. The highest BCUT2D eigenvalue weighted by Crippen LogP contribution is 2.30. The van der Waals surface area contributed by atoms with Crippen LogP contribution in [-0.2, 0) is 17.6 Å². The lowest BCUT2D eigenvalue weighted by atomic mass is 9.87. The van der Waals surface area contributed by atoms with Crippen molar-refractivity contribution < 1.29 is 9.90 Å². The van der Waals surface area contributed by atoms with Gasteiger partial charge in [0.05, 0.1) is 11.3 Å². The minimum Gasteiger partial charge on any atom is -0.478 e. The van der Waals surface area contributed by atoms with Crippen molar-refractivity contribution in [2.75, 3.05) is 5.75 Å². The third-order valence-electron chi connectivity index (χ3n) is 2.87. The van der Waals surface area contributed by atoms with Gasteiger partial charge in [0.1, 0.15) is 0 Å². The van der Waals surface area contributed by atoms with E-state index in [1.807, 2.05) is 38.6 Å². The Morgan fingerprint density at radius 3 is 2.76 bits per heavy atom. The normalized spacial score (nSPS) is 15.5. The Bertz CT molecular complexity index is 463. The van der Waals surface area contributed by atoms with Crippen LogP contribution in [0.1, 0.15) is 48.1 Å². The average molecular weight is 251 g/mol. The van der Waals surface area contributed by atoms with E-state index in [4.69, 9.17) is 0 Å². The molecule has 0 unspecified atom stereocenters. The fraction of sp³-hybridized carbons (Fsp3) is 0.538. The van der Waals surface area contributed by atoms with E-state index in [1.165, 1.54) is 0 Å². The number of pyridine rings is 1. The maximum Gasteiger partial charge on any atom is 0.337 e. The van der Waals surface area contributed by atoms with E-state index in [2.05, 4.69) is 4.98 Å². The highest BCUT2D eigenvalue weighted by molar-refractivity contribution is 7.98. The highest BCUT2D eigenvalue weighted by atomic mass is 32.2. The van der Waals surface area contributed by atoms with Crippen LogP contribution in [0.2, 0.25) is 0 Å². The molecule has 1 aromatic rings. The number of aromatic nitrogens is 1. The lowest BCUT2D eigenvalue weighted by Gasteiger charge is -2.24. The topological polar surface area (TPSA) is 50.2 Å². The van der Waals surface area contributed by atoms with Crippen LogP contribution in [0.15, 0.2) is 6.07 Å². The minimum absolute atomic E-state index is 0.229. The van der Waals surface area contributed by atoms with Crippen LogP contribution in [0, 0.1) is 0 Å². The largest absolute Gasteiger partial charge is 0.478 e. The van der Waals surface area contributed by atoms with Crippen LogP contribution in [0.5, 0.6) is 0 Å². The summed E-state index contributed by atoms with van der Waals surface area (Å²) in [6.45, 7) is 6.02. The predicted molar refractivity (Wildman–Crippen MR) is 69.8 cm³/mol. The Kier molecular flexibility index (Phi) is 3.17. The number of nitrogens with zero attached hydrogens (tertiary/aromatic N) is 1. The monoisotopic (exact) mass is 251 g/mol. The molecule has 92 valence electrons. The van der Waals surface area contributed by atoms with Gasteiger partial charge in [-0.1, -0.05) is 20.8 Å². The molecule has 17 heavy (non-hydrogen) atoms. The van der Waals surface area contributed by atoms with Gasteiger partial charge in [0.25, 0.3) is 0 Å². The van der Waals surface area contributed by atoms with Crippen LogP contribution < -0.4 is 0 Å². The summed E-state index contributed by atoms with van der Waals surface area (Å²) in [5.41, 5.74) is 3.01. The van der Waals surface area contributed by atoms with E-state index >= 15 is 0 Å². The molecule has 0 amide bonds. The molecule has 0 saturated carbocycles. The summed E-state index contributed by atoms with van der Waals surface area (Å²) in [4.78, 5) is 15.9. The van der Waals surface area contributed by atoms with E-state index in [0.29, 0.717) is 11.3 Å². The molecule has 0 atom stereocenters. The number of carbonyl (C=O) groups is 1. The summed E-state index contributed by atoms with van der Waals surface area (Å²) in [6, 6.07) is 1.82. The Balaban J connectivity index is 2.60. The summed E-state index contributed by atoms with van der Waals surface area (Å²) in [7, 11) is 0. The molecule has 0 radical (unpaired) electrons. The maximum atomic E-state index is 11.3. The number of thioether (sulfide) groups is 1. The first-order valence-corrected chi connectivity index (χ1v) is 6.89. The zero-order chi connectivity index (χ0) is 12.6. The molecule has 1 aliphatic heterocycles. The fourth-order valence-electron chi connectivity index (χ4n) is 2.02. The number of aryl methyl sites for hydroxylation is 1. The van der Waals surface area contributed by atoms with Crippen LogP contribution in [0.25, 0.3) is 0 Å². The van der Waals surface area contributed by atoms with E-state index < -0.39 is 5.97 Å². The van der Waals surface area contributed by atoms with Gasteiger partial charge in [-0.15, -0.1) is 0 Å². The number of fused-ring (bicyclic) bond motifs is 1. The summed E-state index contributed by atoms with van der Waals surface area (Å²) >= 11 is 1.84. The Labute approximate surface area is 106 Å². The predicted octanol–water partition coefficient (Wildman–Crippen LogP) is 2.87. The number of carboxylic acids is 1. The van der Waals surface area contributed by atoms with E-state index in [-0.39, 0.29) is 5.41 Å². The van der Waals surface area contributed by atoms with Gasteiger partial charge in [-0.05, 0) is 23.8 Å². The number of hydrogen-bond donors (Lipinski definition) is 1. The van der Waals surface area contributed by atoms with Crippen molar-refractivity contribution in [3.63, 3.8) is 0 Å². The molecule has 2 rings (SSSR count). The first-order valence-electron chi connectivity index (χ1n) is 5.74. The molecular formula is C13H17NO2S. The molecule has 0 aromatic carbocycles. The van der Waals surface area contributed by atoms with Gasteiger partial charge in [-0.3, -0.25) is 4.98 Å². The smallest absolute Gasteiger partial charge is 0.337 e. The zero-order valence-electron chi connectivity index (χ0n) is 10.4. The Hall–Kier alpha value is -1.03. The van der Waals surface area contributed by atoms with Crippen molar-refractivity contribution in [3.8, 4) is 0 Å². The second-order valence-electron chi connectivity index (χ2n) is 5.35. The van der Waals surface area contributed by atoms with Gasteiger partial charge in [-0.25, -0.2) is 4.79 Å². The number of carboxylic acid groups (broad SMARTS) is 1. The Morgan fingerprint density at radius 1 is 1.47 bits per heavy atom. The van der Waals surface area contributed by atoms with Crippen molar-refractivity contribution in [2.45, 2.75) is 38.4 Å². The molecular weight excluding hydrogens is 234 g/mol. The number of hydrogen-bond acceptors (Lipinski definition) is 3.